The van der Waals surface area contributed by atoms with Gasteiger partial charge in [-0.3, -0.25) is 14.6 Å². The van der Waals surface area contributed by atoms with Gasteiger partial charge in [0.2, 0.25) is 5.91 Å². The standard InChI is InChI=1S/C27H28FN3O2/c1-18-14-20(15-22-6-3-4-8-25(22)28)16-26(29-18)23-7-5-13-31(17-23)27(33)21-9-11-24(12-10-21)30-19(2)32/h3-4,6,8-12,14,16,23H,5,7,13,15,17H2,1-2H3,(H,30,32). The van der Waals surface area contributed by atoms with E-state index < -0.39 is 0 Å². The van der Waals surface area contributed by atoms with Crippen molar-refractivity contribution in [3.8, 4) is 0 Å². The molecule has 0 spiro atoms. The van der Waals surface area contributed by atoms with E-state index in [2.05, 4.69) is 11.4 Å². The molecule has 0 aliphatic carbocycles. The van der Waals surface area contributed by atoms with Gasteiger partial charge in [-0.05, 0) is 73.4 Å². The number of hydrogen-bond donors (Lipinski definition) is 1. The number of likely N-dealkylation sites (tertiary alicyclic amines) is 1. The minimum Gasteiger partial charge on any atom is -0.338 e. The summed E-state index contributed by atoms with van der Waals surface area (Å²) in [4.78, 5) is 30.9. The molecule has 1 aliphatic heterocycles. The van der Waals surface area contributed by atoms with Gasteiger partial charge in [0.25, 0.3) is 5.91 Å². The van der Waals surface area contributed by atoms with Crippen molar-refractivity contribution in [2.24, 2.45) is 0 Å². The van der Waals surface area contributed by atoms with Crippen molar-refractivity contribution in [3.05, 3.63) is 94.6 Å². The maximum Gasteiger partial charge on any atom is 0.253 e. The quantitative estimate of drug-likeness (QED) is 0.594. The topological polar surface area (TPSA) is 62.3 Å². The summed E-state index contributed by atoms with van der Waals surface area (Å²) < 4.78 is 14.1. The van der Waals surface area contributed by atoms with Crippen LogP contribution in [0.4, 0.5) is 10.1 Å². The highest BCUT2D eigenvalue weighted by molar-refractivity contribution is 5.95. The summed E-state index contributed by atoms with van der Waals surface area (Å²) in [5.41, 5.74) is 4.82. The van der Waals surface area contributed by atoms with Gasteiger partial charge in [0.15, 0.2) is 0 Å². The fraction of sp³-hybridized carbons (Fsp3) is 0.296. The molecule has 2 amide bonds. The third kappa shape index (κ3) is 5.64. The Hall–Kier alpha value is -3.54. The number of carbonyl (C=O) groups is 2. The highest BCUT2D eigenvalue weighted by atomic mass is 19.1. The number of aromatic nitrogens is 1. The summed E-state index contributed by atoms with van der Waals surface area (Å²) in [6.45, 7) is 4.71. The van der Waals surface area contributed by atoms with Gasteiger partial charge >= 0.3 is 0 Å². The van der Waals surface area contributed by atoms with Crippen LogP contribution in [-0.2, 0) is 11.2 Å². The van der Waals surface area contributed by atoms with Crippen molar-refractivity contribution in [3.63, 3.8) is 0 Å². The molecule has 6 heteroatoms. The lowest BCUT2D eigenvalue weighted by Crippen LogP contribution is -2.39. The number of nitrogens with one attached hydrogen (secondary N) is 1. The molecule has 2 heterocycles. The van der Waals surface area contributed by atoms with Crippen LogP contribution in [0.1, 0.15) is 58.6 Å². The molecule has 2 aromatic carbocycles. The maximum atomic E-state index is 14.1. The van der Waals surface area contributed by atoms with E-state index in [1.165, 1.54) is 13.0 Å². The number of rotatable bonds is 5. The van der Waals surface area contributed by atoms with Crippen LogP contribution in [0.15, 0.2) is 60.7 Å². The zero-order valence-corrected chi connectivity index (χ0v) is 19.0. The molecule has 0 bridgehead atoms. The van der Waals surface area contributed by atoms with Gasteiger partial charge in [0.1, 0.15) is 5.82 Å². The van der Waals surface area contributed by atoms with Crippen molar-refractivity contribution >= 4 is 17.5 Å². The third-order valence-electron chi connectivity index (χ3n) is 5.96. The lowest BCUT2D eigenvalue weighted by Gasteiger charge is -2.33. The summed E-state index contributed by atoms with van der Waals surface area (Å²) in [5, 5.41) is 2.71. The third-order valence-corrected chi connectivity index (χ3v) is 5.96. The molecule has 5 nitrogen and oxygen atoms in total. The average molecular weight is 446 g/mol. The number of benzene rings is 2. The fourth-order valence-electron chi connectivity index (χ4n) is 4.43. The number of nitrogens with zero attached hydrogens (tertiary/aromatic N) is 2. The van der Waals surface area contributed by atoms with Crippen molar-refractivity contribution in [1.29, 1.82) is 0 Å². The second-order valence-electron chi connectivity index (χ2n) is 8.66. The van der Waals surface area contributed by atoms with E-state index in [-0.39, 0.29) is 23.5 Å². The first-order chi connectivity index (χ1) is 15.9. The molecule has 3 aromatic rings. The monoisotopic (exact) mass is 445 g/mol. The molecule has 33 heavy (non-hydrogen) atoms. The number of anilines is 1. The Morgan fingerprint density at radius 2 is 1.88 bits per heavy atom. The molecule has 1 aromatic heterocycles. The van der Waals surface area contributed by atoms with Crippen molar-refractivity contribution < 1.29 is 14.0 Å². The van der Waals surface area contributed by atoms with Crippen LogP contribution >= 0.6 is 0 Å². The minimum absolute atomic E-state index is 0.0201. The van der Waals surface area contributed by atoms with Gasteiger partial charge in [-0.15, -0.1) is 0 Å². The molecular weight excluding hydrogens is 417 g/mol. The highest BCUT2D eigenvalue weighted by Gasteiger charge is 2.26. The van der Waals surface area contributed by atoms with Crippen molar-refractivity contribution in [2.75, 3.05) is 18.4 Å². The van der Waals surface area contributed by atoms with Gasteiger partial charge in [0, 0.05) is 55.0 Å². The van der Waals surface area contributed by atoms with E-state index in [9.17, 15) is 14.0 Å². The summed E-state index contributed by atoms with van der Waals surface area (Å²) in [5.74, 6) is -0.227. The van der Waals surface area contributed by atoms with Crippen LogP contribution in [0, 0.1) is 12.7 Å². The number of carbonyl (C=O) groups excluding carboxylic acids is 2. The molecule has 4 rings (SSSR count). The second kappa shape index (κ2) is 9.94. The summed E-state index contributed by atoms with van der Waals surface area (Å²) in [7, 11) is 0. The molecule has 1 N–H and O–H groups in total. The van der Waals surface area contributed by atoms with Crippen LogP contribution < -0.4 is 5.32 Å². The first-order valence-electron chi connectivity index (χ1n) is 11.3. The maximum absolute atomic E-state index is 14.1. The Balaban J connectivity index is 1.49. The number of aryl methyl sites for hydroxylation is 1. The zero-order valence-electron chi connectivity index (χ0n) is 19.0. The Morgan fingerprint density at radius 1 is 1.12 bits per heavy atom. The molecule has 170 valence electrons. The van der Waals surface area contributed by atoms with E-state index in [1.807, 2.05) is 30.0 Å². The summed E-state index contributed by atoms with van der Waals surface area (Å²) in [6.07, 6.45) is 2.37. The Morgan fingerprint density at radius 3 is 2.61 bits per heavy atom. The molecule has 0 saturated carbocycles. The average Bonchev–Trinajstić information content (AvgIpc) is 2.80. The van der Waals surface area contributed by atoms with Crippen LogP contribution in [0.3, 0.4) is 0 Å². The van der Waals surface area contributed by atoms with Gasteiger partial charge in [-0.2, -0.15) is 0 Å². The Kier molecular flexibility index (Phi) is 6.82. The van der Waals surface area contributed by atoms with E-state index in [0.29, 0.717) is 36.3 Å². The Labute approximate surface area is 193 Å². The molecule has 1 aliphatic rings. The Bertz CT molecular complexity index is 1160. The molecule has 1 unspecified atom stereocenters. The smallest absolute Gasteiger partial charge is 0.253 e. The lowest BCUT2D eigenvalue weighted by atomic mass is 9.92. The molecule has 1 fully saturated rings. The number of pyridine rings is 1. The largest absolute Gasteiger partial charge is 0.338 e. The van der Waals surface area contributed by atoms with Gasteiger partial charge in [-0.25, -0.2) is 4.39 Å². The van der Waals surface area contributed by atoms with E-state index in [0.717, 1.165) is 29.8 Å². The van der Waals surface area contributed by atoms with E-state index >= 15 is 0 Å². The summed E-state index contributed by atoms with van der Waals surface area (Å²) >= 11 is 0. The lowest BCUT2D eigenvalue weighted by molar-refractivity contribution is -0.114. The summed E-state index contributed by atoms with van der Waals surface area (Å²) in [6, 6.07) is 17.9. The number of piperidine rings is 1. The molecular formula is C27H28FN3O2. The predicted molar refractivity (Wildman–Crippen MR) is 127 cm³/mol. The first kappa shape index (κ1) is 22.6. The van der Waals surface area contributed by atoms with Crippen LogP contribution in [0.5, 0.6) is 0 Å². The SMILES string of the molecule is CC(=O)Nc1ccc(C(=O)N2CCCC(c3cc(Cc4ccccc4F)cc(C)n3)C2)cc1. The second-order valence-corrected chi connectivity index (χ2v) is 8.66. The van der Waals surface area contributed by atoms with Crippen molar-refractivity contribution in [1.82, 2.24) is 9.88 Å². The van der Waals surface area contributed by atoms with Crippen LogP contribution in [0.2, 0.25) is 0 Å². The number of amides is 2. The molecule has 1 atom stereocenters. The highest BCUT2D eigenvalue weighted by Crippen LogP contribution is 2.28. The van der Waals surface area contributed by atoms with Crippen LogP contribution in [-0.4, -0.2) is 34.8 Å². The van der Waals surface area contributed by atoms with Gasteiger partial charge in [0.05, 0.1) is 0 Å². The van der Waals surface area contributed by atoms with Gasteiger partial charge < -0.3 is 10.2 Å². The number of halogens is 1. The normalized spacial score (nSPS) is 15.8. The van der Waals surface area contributed by atoms with Gasteiger partial charge in [-0.1, -0.05) is 18.2 Å². The molecule has 1 saturated heterocycles. The van der Waals surface area contributed by atoms with Crippen molar-refractivity contribution in [2.45, 2.75) is 39.0 Å². The zero-order chi connectivity index (χ0) is 23.4. The first-order valence-corrected chi connectivity index (χ1v) is 11.3. The fourth-order valence-corrected chi connectivity index (χ4v) is 4.43. The molecule has 0 radical (unpaired) electrons. The van der Waals surface area contributed by atoms with Crippen LogP contribution in [0.25, 0.3) is 0 Å². The minimum atomic E-state index is -0.201. The predicted octanol–water partition coefficient (Wildman–Crippen LogP) is 5.10. The number of hydrogen-bond acceptors (Lipinski definition) is 3. The van der Waals surface area contributed by atoms with E-state index in [4.69, 9.17) is 4.98 Å². The van der Waals surface area contributed by atoms with E-state index in [1.54, 1.807) is 30.3 Å².